The first kappa shape index (κ1) is 18.6. The highest BCUT2D eigenvalue weighted by molar-refractivity contribution is 6.31. The van der Waals surface area contributed by atoms with E-state index in [1.807, 2.05) is 72.5 Å². The summed E-state index contributed by atoms with van der Waals surface area (Å²) < 4.78 is 0. The van der Waals surface area contributed by atoms with E-state index in [1.165, 1.54) is 0 Å². The van der Waals surface area contributed by atoms with Crippen LogP contribution in [0.15, 0.2) is 66.7 Å². The van der Waals surface area contributed by atoms with Crippen LogP contribution < -0.4 is 5.73 Å². The Labute approximate surface area is 170 Å². The molecule has 28 heavy (non-hydrogen) atoms. The molecule has 0 radical (unpaired) electrons. The highest BCUT2D eigenvalue weighted by Gasteiger charge is 2.31. The van der Waals surface area contributed by atoms with E-state index in [1.54, 1.807) is 0 Å². The van der Waals surface area contributed by atoms with Gasteiger partial charge >= 0.3 is 0 Å². The van der Waals surface area contributed by atoms with Gasteiger partial charge in [-0.05, 0) is 66.3 Å². The van der Waals surface area contributed by atoms with Gasteiger partial charge in [0.05, 0.1) is 6.04 Å². The van der Waals surface area contributed by atoms with E-state index in [4.69, 9.17) is 17.3 Å². The van der Waals surface area contributed by atoms with Crippen molar-refractivity contribution >= 4 is 23.2 Å². The van der Waals surface area contributed by atoms with Crippen molar-refractivity contribution in [3.8, 4) is 11.1 Å². The molecule has 4 heteroatoms. The van der Waals surface area contributed by atoms with Crippen LogP contribution in [-0.2, 0) is 0 Å². The molecule has 1 atom stereocenters. The quantitative estimate of drug-likeness (QED) is 0.568. The smallest absolute Gasteiger partial charge is 0.254 e. The van der Waals surface area contributed by atoms with E-state index in [9.17, 15) is 4.79 Å². The third-order valence-corrected chi connectivity index (χ3v) is 5.94. The average Bonchev–Trinajstić information content (AvgIpc) is 3.19. The van der Waals surface area contributed by atoms with Gasteiger partial charge in [-0.25, -0.2) is 0 Å². The number of halogens is 1. The largest absolute Gasteiger partial charge is 0.398 e. The lowest BCUT2D eigenvalue weighted by atomic mass is 9.98. The number of anilines is 1. The van der Waals surface area contributed by atoms with Gasteiger partial charge in [-0.1, -0.05) is 54.1 Å². The molecule has 1 heterocycles. The van der Waals surface area contributed by atoms with Gasteiger partial charge in [-0.2, -0.15) is 0 Å². The van der Waals surface area contributed by atoms with E-state index in [-0.39, 0.29) is 11.9 Å². The van der Waals surface area contributed by atoms with E-state index in [0.29, 0.717) is 5.56 Å². The van der Waals surface area contributed by atoms with Crippen LogP contribution in [-0.4, -0.2) is 17.4 Å². The Morgan fingerprint density at radius 3 is 2.54 bits per heavy atom. The number of nitrogens with two attached hydrogens (primary N) is 1. The van der Waals surface area contributed by atoms with Crippen molar-refractivity contribution in [3.05, 3.63) is 88.4 Å². The highest BCUT2D eigenvalue weighted by Crippen LogP contribution is 2.37. The SMILES string of the molecule is Cc1c(N)cccc1-c1ccc(C(=O)N2CCC[C@@H]2c2ccccc2Cl)cc1. The van der Waals surface area contributed by atoms with Crippen molar-refractivity contribution in [3.63, 3.8) is 0 Å². The Morgan fingerprint density at radius 2 is 1.79 bits per heavy atom. The Balaban J connectivity index is 1.60. The van der Waals surface area contributed by atoms with Gasteiger partial charge in [0, 0.05) is 22.8 Å². The standard InChI is InChI=1S/C24H23ClN2O/c1-16-19(7-4-9-22(16)26)17-11-13-18(14-12-17)24(28)27-15-5-10-23(27)20-6-2-3-8-21(20)25/h2-4,6-9,11-14,23H,5,10,15,26H2,1H3/t23-/m1/s1. The maximum Gasteiger partial charge on any atom is 0.254 e. The molecule has 142 valence electrons. The van der Waals surface area contributed by atoms with Crippen LogP contribution in [0.4, 0.5) is 5.69 Å². The molecule has 3 nitrogen and oxygen atoms in total. The fourth-order valence-corrected chi connectivity index (χ4v) is 4.26. The van der Waals surface area contributed by atoms with E-state index in [2.05, 4.69) is 6.07 Å². The number of hydrogen-bond acceptors (Lipinski definition) is 2. The van der Waals surface area contributed by atoms with Crippen molar-refractivity contribution in [1.29, 1.82) is 0 Å². The summed E-state index contributed by atoms with van der Waals surface area (Å²) in [4.78, 5) is 15.1. The number of benzene rings is 3. The Morgan fingerprint density at radius 1 is 1.04 bits per heavy atom. The molecule has 1 aliphatic heterocycles. The van der Waals surface area contributed by atoms with E-state index in [0.717, 1.165) is 52.4 Å². The van der Waals surface area contributed by atoms with Crippen molar-refractivity contribution in [2.75, 3.05) is 12.3 Å². The van der Waals surface area contributed by atoms with Gasteiger partial charge < -0.3 is 10.6 Å². The van der Waals surface area contributed by atoms with Gasteiger partial charge in [0.2, 0.25) is 0 Å². The summed E-state index contributed by atoms with van der Waals surface area (Å²) in [6.45, 7) is 2.77. The molecule has 0 bridgehead atoms. The second kappa shape index (κ2) is 7.69. The van der Waals surface area contributed by atoms with Gasteiger partial charge in [0.15, 0.2) is 0 Å². The minimum atomic E-state index is 0.0389. The van der Waals surface area contributed by atoms with Crippen LogP contribution in [0.2, 0.25) is 5.02 Å². The van der Waals surface area contributed by atoms with Crippen molar-refractivity contribution in [2.24, 2.45) is 0 Å². The minimum Gasteiger partial charge on any atom is -0.398 e. The molecule has 3 aromatic rings. The number of carbonyl (C=O) groups is 1. The molecule has 1 saturated heterocycles. The molecule has 1 aliphatic rings. The number of nitrogens with zero attached hydrogens (tertiary/aromatic N) is 1. The normalized spacial score (nSPS) is 16.4. The lowest BCUT2D eigenvalue weighted by Gasteiger charge is -2.26. The summed E-state index contributed by atoms with van der Waals surface area (Å²) in [7, 11) is 0. The molecule has 0 saturated carbocycles. The molecule has 0 aromatic heterocycles. The second-order valence-corrected chi connectivity index (χ2v) is 7.68. The van der Waals surface area contributed by atoms with Crippen LogP contribution in [0.5, 0.6) is 0 Å². The summed E-state index contributed by atoms with van der Waals surface area (Å²) >= 11 is 6.39. The Hall–Kier alpha value is -2.78. The second-order valence-electron chi connectivity index (χ2n) is 7.28. The summed E-state index contributed by atoms with van der Waals surface area (Å²) in [5, 5.41) is 0.722. The summed E-state index contributed by atoms with van der Waals surface area (Å²) in [5.74, 6) is 0.0540. The molecule has 2 N–H and O–H groups in total. The number of rotatable bonds is 3. The van der Waals surface area contributed by atoms with Gasteiger partial charge in [0.25, 0.3) is 5.91 Å². The van der Waals surface area contributed by atoms with Gasteiger partial charge in [0.1, 0.15) is 0 Å². The zero-order valence-electron chi connectivity index (χ0n) is 15.9. The molecule has 1 amide bonds. The van der Waals surface area contributed by atoms with Crippen molar-refractivity contribution in [2.45, 2.75) is 25.8 Å². The lowest BCUT2D eigenvalue weighted by molar-refractivity contribution is 0.0736. The Kier molecular flexibility index (Phi) is 5.10. The van der Waals surface area contributed by atoms with E-state index >= 15 is 0 Å². The molecule has 0 aliphatic carbocycles. The number of likely N-dealkylation sites (tertiary alicyclic amines) is 1. The van der Waals surface area contributed by atoms with Crippen LogP contribution in [0, 0.1) is 6.92 Å². The number of nitrogen functional groups attached to an aromatic ring is 1. The topological polar surface area (TPSA) is 46.3 Å². The first-order valence-corrected chi connectivity index (χ1v) is 9.95. The fraction of sp³-hybridized carbons (Fsp3) is 0.208. The third-order valence-electron chi connectivity index (χ3n) is 5.60. The van der Waals surface area contributed by atoms with Crippen molar-refractivity contribution < 1.29 is 4.79 Å². The molecule has 0 spiro atoms. The zero-order chi connectivity index (χ0) is 19.7. The predicted molar refractivity (Wildman–Crippen MR) is 115 cm³/mol. The van der Waals surface area contributed by atoms with E-state index < -0.39 is 0 Å². The summed E-state index contributed by atoms with van der Waals surface area (Å²) in [6.07, 6.45) is 1.93. The molecule has 4 rings (SSSR count). The third kappa shape index (κ3) is 3.38. The average molecular weight is 391 g/mol. The molecule has 1 fully saturated rings. The molecular weight excluding hydrogens is 368 g/mol. The first-order chi connectivity index (χ1) is 13.6. The zero-order valence-corrected chi connectivity index (χ0v) is 16.6. The van der Waals surface area contributed by atoms with Gasteiger partial charge in [-0.15, -0.1) is 0 Å². The highest BCUT2D eigenvalue weighted by atomic mass is 35.5. The van der Waals surface area contributed by atoms with Crippen LogP contribution in [0.25, 0.3) is 11.1 Å². The molecule has 0 unspecified atom stereocenters. The predicted octanol–water partition coefficient (Wildman–Crippen LogP) is 5.87. The maximum absolute atomic E-state index is 13.2. The van der Waals surface area contributed by atoms with Crippen LogP contribution in [0.1, 0.15) is 40.4 Å². The van der Waals surface area contributed by atoms with Gasteiger partial charge in [-0.3, -0.25) is 4.79 Å². The number of carbonyl (C=O) groups excluding carboxylic acids is 1. The lowest BCUT2D eigenvalue weighted by Crippen LogP contribution is -2.30. The Bertz CT molecular complexity index is 1010. The fourth-order valence-electron chi connectivity index (χ4n) is 4.00. The minimum absolute atomic E-state index is 0.0389. The van der Waals surface area contributed by atoms with Crippen LogP contribution in [0.3, 0.4) is 0 Å². The summed E-state index contributed by atoms with van der Waals surface area (Å²) in [6, 6.07) is 21.6. The molecular formula is C24H23ClN2O. The number of amides is 1. The number of hydrogen-bond donors (Lipinski definition) is 1. The monoisotopic (exact) mass is 390 g/mol. The van der Waals surface area contributed by atoms with Crippen LogP contribution >= 0.6 is 11.6 Å². The molecule has 3 aromatic carbocycles. The maximum atomic E-state index is 13.2. The first-order valence-electron chi connectivity index (χ1n) is 9.57. The van der Waals surface area contributed by atoms with Crippen molar-refractivity contribution in [1.82, 2.24) is 4.90 Å². The summed E-state index contributed by atoms with van der Waals surface area (Å²) in [5.41, 5.74) is 11.7.